The number of esters is 2. The number of ether oxygens (including phenoxy) is 2. The Labute approximate surface area is 126 Å². The van der Waals surface area contributed by atoms with E-state index in [9.17, 15) is 24.3 Å². The lowest BCUT2D eigenvalue weighted by Crippen LogP contribution is -2.42. The first-order valence-corrected chi connectivity index (χ1v) is 6.53. The van der Waals surface area contributed by atoms with E-state index in [0.29, 0.717) is 0 Å². The van der Waals surface area contributed by atoms with E-state index in [4.69, 9.17) is 14.6 Å². The minimum Gasteiger partial charge on any atom is -0.480 e. The minimum absolute atomic E-state index is 0.0197. The molecule has 0 radical (unpaired) electrons. The molecule has 0 aliphatic heterocycles. The van der Waals surface area contributed by atoms with E-state index in [1.807, 2.05) is 0 Å². The molecule has 1 unspecified atom stereocenters. The average Bonchev–Trinajstić information content (AvgIpc) is 2.46. The van der Waals surface area contributed by atoms with E-state index in [0.717, 1.165) is 12.2 Å². The number of carboxylic acids is 2. The highest BCUT2D eigenvalue weighted by atomic mass is 16.5. The van der Waals surface area contributed by atoms with Gasteiger partial charge in [0.25, 0.3) is 0 Å². The summed E-state index contributed by atoms with van der Waals surface area (Å²) in [4.78, 5) is 46.6. The molecule has 0 saturated heterocycles. The molecular weight excluding hydrogens is 296 g/mol. The van der Waals surface area contributed by atoms with Crippen LogP contribution in [0, 0.1) is 5.41 Å². The second kappa shape index (κ2) is 6.88. The van der Waals surface area contributed by atoms with Crippen molar-refractivity contribution in [3.63, 3.8) is 0 Å². The second-order valence-corrected chi connectivity index (χ2v) is 4.47. The van der Waals surface area contributed by atoms with Crippen LogP contribution in [0.1, 0.15) is 20.3 Å². The molecule has 8 heteroatoms. The van der Waals surface area contributed by atoms with Crippen molar-refractivity contribution < 1.29 is 38.9 Å². The molecule has 0 spiro atoms. The van der Waals surface area contributed by atoms with Crippen LogP contribution in [0.2, 0.25) is 0 Å². The third kappa shape index (κ3) is 3.33. The molecule has 1 atom stereocenters. The number of carbonyl (C=O) groups excluding carboxylic acids is 2. The van der Waals surface area contributed by atoms with Gasteiger partial charge < -0.3 is 19.7 Å². The predicted molar refractivity (Wildman–Crippen MR) is 71.8 cm³/mol. The smallest absolute Gasteiger partial charge is 0.337 e. The molecule has 22 heavy (non-hydrogen) atoms. The zero-order valence-electron chi connectivity index (χ0n) is 12.1. The molecule has 0 aromatic rings. The van der Waals surface area contributed by atoms with Crippen LogP contribution in [0.3, 0.4) is 0 Å². The van der Waals surface area contributed by atoms with Crippen LogP contribution in [-0.2, 0) is 28.7 Å². The number of hydrogen-bond donors (Lipinski definition) is 2. The fourth-order valence-corrected chi connectivity index (χ4v) is 1.98. The summed E-state index contributed by atoms with van der Waals surface area (Å²) in [6.07, 6.45) is 1.28. The van der Waals surface area contributed by atoms with Crippen LogP contribution in [0.5, 0.6) is 0 Å². The van der Waals surface area contributed by atoms with Crippen LogP contribution in [0.25, 0.3) is 0 Å². The van der Waals surface area contributed by atoms with Crippen molar-refractivity contribution in [1.29, 1.82) is 0 Å². The van der Waals surface area contributed by atoms with Gasteiger partial charge in [0.1, 0.15) is 0 Å². The Morgan fingerprint density at radius 2 is 1.73 bits per heavy atom. The maximum atomic E-state index is 12.0. The molecule has 8 nitrogen and oxygen atoms in total. The van der Waals surface area contributed by atoms with Gasteiger partial charge in [-0.3, -0.25) is 9.59 Å². The quantitative estimate of drug-likeness (QED) is 0.537. The first-order valence-electron chi connectivity index (χ1n) is 6.53. The van der Waals surface area contributed by atoms with Crippen molar-refractivity contribution in [3.8, 4) is 0 Å². The molecular formula is C14H16O8. The lowest BCUT2D eigenvalue weighted by molar-refractivity contribution is -0.164. The predicted octanol–water partition coefficient (Wildman–Crippen LogP) is 0.525. The second-order valence-electron chi connectivity index (χ2n) is 4.47. The molecule has 1 aliphatic carbocycles. The van der Waals surface area contributed by atoms with E-state index in [1.165, 1.54) is 6.92 Å². The number of aliphatic carboxylic acids is 2. The van der Waals surface area contributed by atoms with Gasteiger partial charge in [-0.15, -0.1) is 0 Å². The van der Waals surface area contributed by atoms with E-state index < -0.39 is 35.7 Å². The molecule has 120 valence electrons. The summed E-state index contributed by atoms with van der Waals surface area (Å²) < 4.78 is 9.46. The molecule has 0 bridgehead atoms. The Bertz CT molecular complexity index is 571. The highest BCUT2D eigenvalue weighted by Gasteiger charge is 2.50. The summed E-state index contributed by atoms with van der Waals surface area (Å²) in [7, 11) is 0. The molecule has 0 amide bonds. The molecule has 1 aliphatic rings. The van der Waals surface area contributed by atoms with Gasteiger partial charge in [0.15, 0.2) is 5.41 Å². The summed E-state index contributed by atoms with van der Waals surface area (Å²) in [5, 5.41) is 18.5. The van der Waals surface area contributed by atoms with Crippen molar-refractivity contribution >= 4 is 23.9 Å². The number of carboxylic acid groups (broad SMARTS) is 2. The highest BCUT2D eigenvalue weighted by molar-refractivity contribution is 6.07. The number of hydrogen-bond acceptors (Lipinski definition) is 6. The van der Waals surface area contributed by atoms with Gasteiger partial charge in [-0.1, -0.05) is 0 Å². The SMILES string of the molecule is CCOC(=O)C1=CC(C(=O)O)(C(=O)OCC)CC(C(=O)O)=C1. The van der Waals surface area contributed by atoms with Gasteiger partial charge in [-0.25, -0.2) is 9.59 Å². The normalized spacial score (nSPS) is 20.5. The standard InChI is InChI=1S/C14H16O8/c1-3-21-11(17)9-5-8(10(15)16)6-14(7-9,12(18)19)13(20)22-4-2/h5,7H,3-4,6H2,1-2H3,(H,15,16)(H,18,19). The molecule has 1 rings (SSSR count). The Hall–Kier alpha value is -2.64. The van der Waals surface area contributed by atoms with Crippen LogP contribution in [0.4, 0.5) is 0 Å². The third-order valence-corrected chi connectivity index (χ3v) is 3.01. The first kappa shape index (κ1) is 17.4. The van der Waals surface area contributed by atoms with Gasteiger partial charge in [0, 0.05) is 12.0 Å². The first-order chi connectivity index (χ1) is 10.3. The zero-order chi connectivity index (χ0) is 16.9. The summed E-state index contributed by atoms with van der Waals surface area (Å²) >= 11 is 0. The van der Waals surface area contributed by atoms with Gasteiger partial charge >= 0.3 is 23.9 Å². The maximum absolute atomic E-state index is 12.0. The van der Waals surface area contributed by atoms with Crippen LogP contribution in [-0.4, -0.2) is 47.3 Å². The Kier molecular flexibility index (Phi) is 5.44. The highest BCUT2D eigenvalue weighted by Crippen LogP contribution is 2.36. The van der Waals surface area contributed by atoms with Crippen molar-refractivity contribution in [2.75, 3.05) is 13.2 Å². The van der Waals surface area contributed by atoms with Gasteiger partial charge in [0.05, 0.1) is 18.8 Å². The van der Waals surface area contributed by atoms with Crippen molar-refractivity contribution in [2.24, 2.45) is 5.41 Å². The van der Waals surface area contributed by atoms with Crippen molar-refractivity contribution in [2.45, 2.75) is 20.3 Å². The van der Waals surface area contributed by atoms with Crippen LogP contribution < -0.4 is 0 Å². The topological polar surface area (TPSA) is 127 Å². The lowest BCUT2D eigenvalue weighted by Gasteiger charge is -2.27. The van der Waals surface area contributed by atoms with Crippen LogP contribution >= 0.6 is 0 Å². The van der Waals surface area contributed by atoms with Gasteiger partial charge in [-0.2, -0.15) is 0 Å². The molecule has 0 aromatic heterocycles. The molecule has 0 heterocycles. The third-order valence-electron chi connectivity index (χ3n) is 3.01. The zero-order valence-corrected chi connectivity index (χ0v) is 12.1. The summed E-state index contributed by atoms with van der Waals surface area (Å²) in [6.45, 7) is 2.97. The Morgan fingerprint density at radius 1 is 1.14 bits per heavy atom. The van der Waals surface area contributed by atoms with Gasteiger partial charge in [-0.05, 0) is 26.0 Å². The van der Waals surface area contributed by atoms with E-state index >= 15 is 0 Å². The van der Waals surface area contributed by atoms with E-state index in [2.05, 4.69) is 0 Å². The maximum Gasteiger partial charge on any atom is 0.337 e. The molecule has 0 saturated carbocycles. The van der Waals surface area contributed by atoms with Crippen molar-refractivity contribution in [3.05, 3.63) is 23.3 Å². The Morgan fingerprint density at radius 3 is 2.18 bits per heavy atom. The van der Waals surface area contributed by atoms with Gasteiger partial charge in [0.2, 0.25) is 0 Å². The Balaban J connectivity index is 3.41. The lowest BCUT2D eigenvalue weighted by atomic mass is 9.76. The number of rotatable bonds is 6. The van der Waals surface area contributed by atoms with Crippen LogP contribution in [0.15, 0.2) is 23.3 Å². The molecule has 2 N–H and O–H groups in total. The monoisotopic (exact) mass is 312 g/mol. The summed E-state index contributed by atoms with van der Waals surface area (Å²) in [5.41, 5.74) is -2.96. The average molecular weight is 312 g/mol. The summed E-state index contributed by atoms with van der Waals surface area (Å²) in [6, 6.07) is 0. The molecule has 0 aromatic carbocycles. The number of carbonyl (C=O) groups is 4. The fraction of sp³-hybridized carbons (Fsp3) is 0.429. The fourth-order valence-electron chi connectivity index (χ4n) is 1.98. The summed E-state index contributed by atoms with van der Waals surface area (Å²) in [5.74, 6) is -5.06. The largest absolute Gasteiger partial charge is 0.480 e. The van der Waals surface area contributed by atoms with E-state index in [1.54, 1.807) is 6.92 Å². The van der Waals surface area contributed by atoms with E-state index in [-0.39, 0.29) is 24.4 Å². The minimum atomic E-state index is -2.26. The molecule has 0 fully saturated rings. The van der Waals surface area contributed by atoms with Crippen molar-refractivity contribution in [1.82, 2.24) is 0 Å².